The molecule has 5 rings (SSSR count). The van der Waals surface area contributed by atoms with Crippen molar-refractivity contribution in [1.29, 1.82) is 0 Å². The van der Waals surface area contributed by atoms with Crippen molar-refractivity contribution in [3.8, 4) is 28.3 Å². The number of rotatable bonds is 6. The highest BCUT2D eigenvalue weighted by molar-refractivity contribution is 7.80. The van der Waals surface area contributed by atoms with Crippen LogP contribution in [0.2, 0.25) is 0 Å². The average molecular weight is 480 g/mol. The summed E-state index contributed by atoms with van der Waals surface area (Å²) in [5.74, 6) is 0.796. The molecule has 1 amide bonds. The van der Waals surface area contributed by atoms with Crippen LogP contribution < -0.4 is 15.4 Å². The lowest BCUT2D eigenvalue weighted by molar-refractivity contribution is -0.121. The number of fused-ring (bicyclic) bond motifs is 1. The van der Waals surface area contributed by atoms with Crippen LogP contribution in [0, 0.1) is 0 Å². The molecule has 4 aromatic carbocycles. The Morgan fingerprint density at radius 1 is 0.829 bits per heavy atom. The number of oxazole rings is 1. The molecule has 0 fully saturated rings. The van der Waals surface area contributed by atoms with Crippen LogP contribution in [0.15, 0.2) is 108 Å². The molecule has 0 unspecified atom stereocenters. The maximum atomic E-state index is 12.1. The Hall–Kier alpha value is -4.49. The number of ether oxygens (including phenoxy) is 1. The third kappa shape index (κ3) is 5.54. The van der Waals surface area contributed by atoms with Crippen LogP contribution in [0.5, 0.6) is 5.75 Å². The monoisotopic (exact) mass is 479 g/mol. The summed E-state index contributed by atoms with van der Waals surface area (Å²) < 4.78 is 11.4. The number of nitrogens with zero attached hydrogens (tertiary/aromatic N) is 1. The largest absolute Gasteiger partial charge is 0.484 e. The Balaban J connectivity index is 1.22. The molecule has 0 atom stereocenters. The number of amides is 1. The van der Waals surface area contributed by atoms with E-state index in [-0.39, 0.29) is 17.6 Å². The molecule has 35 heavy (non-hydrogen) atoms. The third-order valence-electron chi connectivity index (χ3n) is 5.25. The van der Waals surface area contributed by atoms with Crippen molar-refractivity contribution in [3.63, 3.8) is 0 Å². The van der Waals surface area contributed by atoms with Gasteiger partial charge in [0.1, 0.15) is 11.3 Å². The Morgan fingerprint density at radius 3 is 2.23 bits per heavy atom. The summed E-state index contributed by atoms with van der Waals surface area (Å²) in [6, 6.07) is 32.8. The van der Waals surface area contributed by atoms with Crippen molar-refractivity contribution in [2.45, 2.75) is 0 Å². The molecule has 0 saturated carbocycles. The molecule has 6 nitrogen and oxygen atoms in total. The van der Waals surface area contributed by atoms with Crippen LogP contribution in [0.3, 0.4) is 0 Å². The Morgan fingerprint density at radius 2 is 1.49 bits per heavy atom. The van der Waals surface area contributed by atoms with E-state index in [0.717, 1.165) is 16.7 Å². The van der Waals surface area contributed by atoms with Gasteiger partial charge in [-0.15, -0.1) is 0 Å². The van der Waals surface area contributed by atoms with E-state index in [4.69, 9.17) is 21.4 Å². The number of hydrogen-bond acceptors (Lipinski definition) is 5. The molecule has 172 valence electrons. The summed E-state index contributed by atoms with van der Waals surface area (Å²) in [6.45, 7) is -0.138. The van der Waals surface area contributed by atoms with Gasteiger partial charge in [-0.2, -0.15) is 0 Å². The summed E-state index contributed by atoms with van der Waals surface area (Å²) in [6.07, 6.45) is 0. The van der Waals surface area contributed by atoms with E-state index in [2.05, 4.69) is 39.9 Å². The number of para-hydroxylation sites is 1. The lowest BCUT2D eigenvalue weighted by atomic mass is 10.0. The number of carbonyl (C=O) groups excluding carboxylic acids is 1. The molecular weight excluding hydrogens is 458 g/mol. The van der Waals surface area contributed by atoms with Crippen LogP contribution in [-0.4, -0.2) is 22.6 Å². The second kappa shape index (κ2) is 10.2. The highest BCUT2D eigenvalue weighted by atomic mass is 32.1. The van der Waals surface area contributed by atoms with E-state index in [0.29, 0.717) is 28.4 Å². The number of aromatic nitrogens is 1. The minimum Gasteiger partial charge on any atom is -0.484 e. The number of anilines is 1. The molecule has 1 aromatic heterocycles. The number of hydrogen-bond donors (Lipinski definition) is 2. The SMILES string of the molecule is O=C(COc1ccccc1)NC(=S)Nc1ccc2oc(-c3ccc(-c4ccccc4)cc3)nc2c1. The Bertz CT molecular complexity index is 1470. The lowest BCUT2D eigenvalue weighted by Gasteiger charge is -2.10. The van der Waals surface area contributed by atoms with Gasteiger partial charge >= 0.3 is 0 Å². The molecule has 1 heterocycles. The van der Waals surface area contributed by atoms with Crippen LogP contribution in [0.25, 0.3) is 33.7 Å². The van der Waals surface area contributed by atoms with Crippen molar-refractivity contribution >= 4 is 40.0 Å². The maximum Gasteiger partial charge on any atom is 0.264 e. The van der Waals surface area contributed by atoms with E-state index >= 15 is 0 Å². The maximum absolute atomic E-state index is 12.1. The molecule has 5 aromatic rings. The zero-order valence-electron chi connectivity index (χ0n) is 18.6. The first-order chi connectivity index (χ1) is 17.1. The summed E-state index contributed by atoms with van der Waals surface area (Å²) in [5.41, 5.74) is 5.19. The highest BCUT2D eigenvalue weighted by Crippen LogP contribution is 2.28. The molecule has 0 bridgehead atoms. The van der Waals surface area contributed by atoms with Gasteiger partial charge in [0.05, 0.1) is 0 Å². The lowest BCUT2D eigenvalue weighted by Crippen LogP contribution is -2.37. The standard InChI is InChI=1S/C28H21N3O3S/c32-26(18-33-23-9-5-2-6-10-23)31-28(35)29-22-15-16-25-24(17-22)30-27(34-25)21-13-11-20(12-14-21)19-7-3-1-4-8-19/h1-17H,18H2,(H2,29,31,32,35). The van der Waals surface area contributed by atoms with E-state index < -0.39 is 0 Å². The quantitative estimate of drug-likeness (QED) is 0.289. The van der Waals surface area contributed by atoms with Crippen molar-refractivity contribution in [3.05, 3.63) is 103 Å². The van der Waals surface area contributed by atoms with Crippen molar-refractivity contribution in [2.24, 2.45) is 0 Å². The van der Waals surface area contributed by atoms with Gasteiger partial charge in [0.25, 0.3) is 5.91 Å². The van der Waals surface area contributed by atoms with Crippen LogP contribution in [0.1, 0.15) is 0 Å². The van der Waals surface area contributed by atoms with Gasteiger partial charge in [-0.25, -0.2) is 4.98 Å². The second-order valence-electron chi connectivity index (χ2n) is 7.75. The van der Waals surface area contributed by atoms with Gasteiger partial charge < -0.3 is 14.5 Å². The Labute approximate surface area is 207 Å². The van der Waals surface area contributed by atoms with Crippen molar-refractivity contribution in [1.82, 2.24) is 10.3 Å². The van der Waals surface area contributed by atoms with Gasteiger partial charge in [-0.3, -0.25) is 10.1 Å². The number of nitrogens with one attached hydrogen (secondary N) is 2. The average Bonchev–Trinajstić information content (AvgIpc) is 3.32. The topological polar surface area (TPSA) is 76.4 Å². The van der Waals surface area contributed by atoms with E-state index in [9.17, 15) is 4.79 Å². The molecule has 2 N–H and O–H groups in total. The van der Waals surface area contributed by atoms with E-state index in [1.165, 1.54) is 0 Å². The predicted octanol–water partition coefficient (Wildman–Crippen LogP) is 6.05. The minimum atomic E-state index is -0.352. The van der Waals surface area contributed by atoms with Gasteiger partial charge in [0.2, 0.25) is 5.89 Å². The molecule has 0 spiro atoms. The van der Waals surface area contributed by atoms with Gasteiger partial charge in [-0.1, -0.05) is 60.7 Å². The zero-order valence-corrected chi connectivity index (χ0v) is 19.4. The number of benzene rings is 4. The molecular formula is C28H21N3O3S. The van der Waals surface area contributed by atoms with Gasteiger partial charge in [0, 0.05) is 11.3 Å². The molecule has 0 saturated heterocycles. The molecule has 0 radical (unpaired) electrons. The zero-order chi connectivity index (χ0) is 24.0. The van der Waals surface area contributed by atoms with Crippen LogP contribution >= 0.6 is 12.2 Å². The minimum absolute atomic E-state index is 0.138. The van der Waals surface area contributed by atoms with E-state index in [1.807, 2.05) is 66.7 Å². The Kier molecular flexibility index (Phi) is 6.50. The second-order valence-corrected chi connectivity index (χ2v) is 8.16. The summed E-state index contributed by atoms with van der Waals surface area (Å²) in [4.78, 5) is 16.7. The highest BCUT2D eigenvalue weighted by Gasteiger charge is 2.11. The fourth-order valence-corrected chi connectivity index (χ4v) is 3.79. The summed E-state index contributed by atoms with van der Waals surface area (Å²) in [7, 11) is 0. The smallest absolute Gasteiger partial charge is 0.264 e. The number of carbonyl (C=O) groups is 1. The van der Waals surface area contributed by atoms with Gasteiger partial charge in [-0.05, 0) is 65.8 Å². The fraction of sp³-hybridized carbons (Fsp3) is 0.0357. The van der Waals surface area contributed by atoms with Crippen LogP contribution in [0.4, 0.5) is 5.69 Å². The van der Waals surface area contributed by atoms with Crippen molar-refractivity contribution in [2.75, 3.05) is 11.9 Å². The molecule has 0 aliphatic rings. The van der Waals surface area contributed by atoms with E-state index in [1.54, 1.807) is 12.1 Å². The molecule has 7 heteroatoms. The van der Waals surface area contributed by atoms with Crippen molar-refractivity contribution < 1.29 is 13.9 Å². The molecule has 0 aliphatic heterocycles. The first-order valence-corrected chi connectivity index (χ1v) is 11.4. The third-order valence-corrected chi connectivity index (χ3v) is 5.45. The first-order valence-electron chi connectivity index (χ1n) is 11.0. The predicted molar refractivity (Wildman–Crippen MR) is 141 cm³/mol. The first kappa shape index (κ1) is 22.3. The summed E-state index contributed by atoms with van der Waals surface area (Å²) >= 11 is 5.26. The summed E-state index contributed by atoms with van der Waals surface area (Å²) in [5, 5.41) is 5.78. The van der Waals surface area contributed by atoms with Gasteiger partial charge in [0.15, 0.2) is 17.3 Å². The van der Waals surface area contributed by atoms with Crippen LogP contribution in [-0.2, 0) is 4.79 Å². The molecule has 0 aliphatic carbocycles. The normalized spacial score (nSPS) is 10.6. The number of thiocarbonyl (C=S) groups is 1. The fourth-order valence-electron chi connectivity index (χ4n) is 3.56.